The molecule has 0 unspecified atom stereocenters. The number of carbonyl (C=O) groups excluding carboxylic acids is 2. The van der Waals surface area contributed by atoms with Gasteiger partial charge in [-0.3, -0.25) is 0 Å². The van der Waals surface area contributed by atoms with E-state index in [1.54, 1.807) is 0 Å². The van der Waals surface area contributed by atoms with Crippen LogP contribution in [0.25, 0.3) is 0 Å². The molecule has 0 bridgehead atoms. The summed E-state index contributed by atoms with van der Waals surface area (Å²) in [5.41, 5.74) is 0. The normalized spacial score (nSPS) is 12.5. The van der Waals surface area contributed by atoms with Gasteiger partial charge in [-0.15, -0.1) is 0 Å². The second kappa shape index (κ2) is 21.0. The zero-order chi connectivity index (χ0) is 29.6. The maximum Gasteiger partial charge on any atom is 0.601 e. The smallest absolute Gasteiger partial charge is 0.513 e. The maximum atomic E-state index is 12.5. The first kappa shape index (κ1) is 37.2. The van der Waals surface area contributed by atoms with Gasteiger partial charge in [-0.25, -0.2) is 9.59 Å². The molecule has 0 heterocycles. The van der Waals surface area contributed by atoms with Gasteiger partial charge in [-0.1, -0.05) is 0 Å². The molecule has 232 valence electrons. The van der Waals surface area contributed by atoms with Crippen LogP contribution in [0.15, 0.2) is 0 Å². The summed E-state index contributed by atoms with van der Waals surface area (Å²) in [6.45, 7) is -5.19. The molecule has 21 heteroatoms. The summed E-state index contributed by atoms with van der Waals surface area (Å²) in [5, 5.41) is 0. The average Bonchev–Trinajstić information content (AvgIpc) is 2.87. The minimum absolute atomic E-state index is 0.0118. The molecule has 39 heavy (non-hydrogen) atoms. The summed E-state index contributed by atoms with van der Waals surface area (Å²) < 4.78 is 115. The monoisotopic (exact) mass is 595 g/mol. The average molecular weight is 595 g/mol. The van der Waals surface area contributed by atoms with Crippen LogP contribution in [0.4, 0.5) is 26.3 Å². The third kappa shape index (κ3) is 19.8. The quantitative estimate of drug-likeness (QED) is 0.0512. The fourth-order valence-corrected chi connectivity index (χ4v) is 1.91. The molecule has 0 aromatic carbocycles. The summed E-state index contributed by atoms with van der Waals surface area (Å²) in [6, 6.07) is 0. The van der Waals surface area contributed by atoms with Crippen molar-refractivity contribution < 1.29 is 93.0 Å². The molecular weight excluding hydrogens is 565 g/mol. The van der Waals surface area contributed by atoms with Gasteiger partial charge in [0.15, 0.2) is 0 Å². The molecule has 0 amide bonds. The summed E-state index contributed by atoms with van der Waals surface area (Å²) in [6.07, 6.45) is -11.2. The Balaban J connectivity index is 5.14. The van der Waals surface area contributed by atoms with Crippen LogP contribution in [0.5, 0.6) is 0 Å². The van der Waals surface area contributed by atoms with Crippen LogP contribution in [-0.2, 0) is 66.7 Å². The highest BCUT2D eigenvalue weighted by Gasteiger charge is 2.48. The van der Waals surface area contributed by atoms with E-state index < -0.39 is 44.5 Å². The Kier molecular flexibility index (Phi) is 20.0. The first-order chi connectivity index (χ1) is 18.4. The van der Waals surface area contributed by atoms with E-state index in [2.05, 4.69) is 19.4 Å². The lowest BCUT2D eigenvalue weighted by Crippen LogP contribution is -2.52. The third-order valence-electron chi connectivity index (χ3n) is 3.65. The first-order valence-electron chi connectivity index (χ1n) is 11.0. The second-order valence-electron chi connectivity index (χ2n) is 6.68. The third-order valence-corrected chi connectivity index (χ3v) is 3.65. The van der Waals surface area contributed by atoms with Crippen LogP contribution in [0.1, 0.15) is 0 Å². The topological polar surface area (TPSA) is 145 Å². The maximum absolute atomic E-state index is 12.5. The van der Waals surface area contributed by atoms with Gasteiger partial charge in [0.2, 0.25) is 0 Å². The largest absolute Gasteiger partial charge is 0.601 e. The van der Waals surface area contributed by atoms with E-state index in [1.165, 1.54) is 14.2 Å². The van der Waals surface area contributed by atoms with E-state index >= 15 is 0 Å². The highest BCUT2D eigenvalue weighted by atomic mass is 19.4. The molecule has 0 aromatic heterocycles. The van der Waals surface area contributed by atoms with E-state index in [1.807, 2.05) is 0 Å². The van der Waals surface area contributed by atoms with Gasteiger partial charge in [-0.05, 0) is 0 Å². The zero-order valence-electron chi connectivity index (χ0n) is 21.0. The minimum atomic E-state index is -5.59. The number of alkyl halides is 6. The molecule has 0 aliphatic carbocycles. The lowest BCUT2D eigenvalue weighted by molar-refractivity contribution is -0.333. The van der Waals surface area contributed by atoms with Gasteiger partial charge in [0.05, 0.1) is 66.1 Å². The Labute approximate surface area is 218 Å². The van der Waals surface area contributed by atoms with Crippen molar-refractivity contribution in [2.45, 2.75) is 12.4 Å². The molecule has 0 saturated heterocycles. The number of hydrogen-bond acceptors (Lipinski definition) is 14. The number of carbonyl (C=O) groups is 2. The van der Waals surface area contributed by atoms with Crippen LogP contribution < -0.4 is 0 Å². The van der Waals surface area contributed by atoms with Crippen molar-refractivity contribution in [3.8, 4) is 0 Å². The molecule has 0 aliphatic rings. The van der Waals surface area contributed by atoms with Crippen LogP contribution in [0.3, 0.4) is 0 Å². The summed E-state index contributed by atoms with van der Waals surface area (Å²) in [5.74, 6) is -5.92. The number of methoxy groups -OCH3 is 2. The van der Waals surface area contributed by atoms with Crippen molar-refractivity contribution in [3.63, 3.8) is 0 Å². The van der Waals surface area contributed by atoms with Crippen molar-refractivity contribution in [1.29, 1.82) is 0 Å². The zero-order valence-corrected chi connectivity index (χ0v) is 21.0. The number of ether oxygens (including phenoxy) is 6. The van der Waals surface area contributed by atoms with Crippen molar-refractivity contribution in [2.75, 3.05) is 93.5 Å². The van der Waals surface area contributed by atoms with Crippen molar-refractivity contribution in [1.82, 2.24) is 0 Å². The molecule has 0 fully saturated rings. The Bertz CT molecular complexity index is 601. The van der Waals surface area contributed by atoms with Gasteiger partial charge in [0.25, 0.3) is 0 Å². The Morgan fingerprint density at radius 3 is 1.08 bits per heavy atom. The lowest BCUT2D eigenvalue weighted by atomic mass is 10.1. The van der Waals surface area contributed by atoms with Crippen LogP contribution in [-0.4, -0.2) is 125 Å². The van der Waals surface area contributed by atoms with Crippen LogP contribution >= 0.6 is 0 Å². The molecular formula is C18H30BF6O14-. The fourth-order valence-electron chi connectivity index (χ4n) is 1.91. The molecule has 0 saturated carbocycles. The van der Waals surface area contributed by atoms with Gasteiger partial charge in [0.1, 0.15) is 0 Å². The number of rotatable bonds is 24. The predicted octanol–water partition coefficient (Wildman–Crippen LogP) is 0.889. The summed E-state index contributed by atoms with van der Waals surface area (Å²) >= 11 is 0. The van der Waals surface area contributed by atoms with Crippen LogP contribution in [0.2, 0.25) is 0 Å². The molecule has 0 aromatic rings. The summed E-state index contributed by atoms with van der Waals surface area (Å²) in [7, 11) is 2.92. The first-order valence-corrected chi connectivity index (χ1v) is 11.0. The molecule has 0 spiro atoms. The Hall–Kier alpha value is -1.82. The molecule has 14 nitrogen and oxygen atoms in total. The van der Waals surface area contributed by atoms with Crippen LogP contribution in [0, 0.1) is 0 Å². The van der Waals surface area contributed by atoms with Gasteiger partial charge >= 0.3 is 31.2 Å². The Morgan fingerprint density at radius 1 is 0.513 bits per heavy atom. The van der Waals surface area contributed by atoms with E-state index in [0.29, 0.717) is 13.2 Å². The lowest BCUT2D eigenvalue weighted by Gasteiger charge is -2.36. The van der Waals surface area contributed by atoms with E-state index in [9.17, 15) is 35.9 Å². The van der Waals surface area contributed by atoms with E-state index in [-0.39, 0.29) is 52.9 Å². The molecule has 0 aliphatic heterocycles. The number of hydrogen-bond donors (Lipinski definition) is 0. The van der Waals surface area contributed by atoms with Gasteiger partial charge < -0.3 is 57.1 Å². The molecule has 0 radical (unpaired) electrons. The van der Waals surface area contributed by atoms with Gasteiger partial charge in [-0.2, -0.15) is 26.3 Å². The summed E-state index contributed by atoms with van der Waals surface area (Å²) in [4.78, 5) is 37.4. The molecule has 0 atom stereocenters. The molecule has 0 rings (SSSR count). The highest BCUT2D eigenvalue weighted by Crippen LogP contribution is 2.22. The standard InChI is InChI=1S/C18H30BF6O14/c1-28-3-5-30-7-9-32-11-13-34-19(38-36-15(26)17(20,21)22,39-37-16(27)18(23,24)25)35-14-12-33-10-8-31-6-4-29-2/h3-14H2,1-2H3/q-1. The molecule has 0 N–H and O–H groups in total. The second-order valence-corrected chi connectivity index (χ2v) is 6.68. The van der Waals surface area contributed by atoms with Crippen molar-refractivity contribution in [3.05, 3.63) is 0 Å². The SMILES string of the molecule is COCCOCCOCCO[B-](OCCOCCOCCOC)(OOC(=O)C(F)(F)F)OOC(=O)C(F)(F)F. The van der Waals surface area contributed by atoms with E-state index in [0.717, 1.165) is 0 Å². The predicted molar refractivity (Wildman–Crippen MR) is 111 cm³/mol. The minimum Gasteiger partial charge on any atom is -0.513 e. The highest BCUT2D eigenvalue weighted by molar-refractivity contribution is 6.53. The number of halogens is 6. The fraction of sp³-hybridized carbons (Fsp3) is 0.889. The van der Waals surface area contributed by atoms with E-state index in [4.69, 9.17) is 37.7 Å². The Morgan fingerprint density at radius 2 is 0.795 bits per heavy atom. The van der Waals surface area contributed by atoms with Crippen molar-refractivity contribution >= 4 is 18.9 Å². The van der Waals surface area contributed by atoms with Gasteiger partial charge in [0, 0.05) is 27.4 Å². The van der Waals surface area contributed by atoms with Crippen molar-refractivity contribution in [2.24, 2.45) is 0 Å².